The van der Waals surface area contributed by atoms with E-state index in [1.165, 1.54) is 23.1 Å². The van der Waals surface area contributed by atoms with Crippen molar-refractivity contribution < 1.29 is 9.53 Å². The van der Waals surface area contributed by atoms with Gasteiger partial charge in [-0.05, 0) is 44.9 Å². The largest absolute Gasteiger partial charge is 0.376 e. The number of anilines is 1. The van der Waals surface area contributed by atoms with Gasteiger partial charge in [-0.3, -0.25) is 4.79 Å². The maximum absolute atomic E-state index is 12.8. The summed E-state index contributed by atoms with van der Waals surface area (Å²) in [7, 11) is 0. The fraction of sp³-hybridized carbons (Fsp3) is 0.381. The van der Waals surface area contributed by atoms with Gasteiger partial charge < -0.3 is 14.6 Å². The van der Waals surface area contributed by atoms with Gasteiger partial charge in [0.25, 0.3) is 0 Å². The fourth-order valence-corrected chi connectivity index (χ4v) is 5.21. The van der Waals surface area contributed by atoms with Crippen molar-refractivity contribution in [3.63, 3.8) is 0 Å². The third-order valence-electron chi connectivity index (χ3n) is 4.98. The van der Waals surface area contributed by atoms with Gasteiger partial charge >= 0.3 is 0 Å². The summed E-state index contributed by atoms with van der Waals surface area (Å²) in [6.07, 6.45) is 2.47. The van der Waals surface area contributed by atoms with E-state index in [2.05, 4.69) is 32.2 Å². The van der Waals surface area contributed by atoms with E-state index in [-0.39, 0.29) is 11.9 Å². The molecule has 4 rings (SSSR count). The van der Waals surface area contributed by atoms with Gasteiger partial charge in [0.2, 0.25) is 5.13 Å². The van der Waals surface area contributed by atoms with Crippen LogP contribution in [0.25, 0.3) is 5.69 Å². The van der Waals surface area contributed by atoms with Crippen molar-refractivity contribution in [3.05, 3.63) is 53.3 Å². The van der Waals surface area contributed by atoms with Crippen LogP contribution >= 0.6 is 23.1 Å². The number of carbonyl (C=O) groups excluding carboxylic acids is 1. The second kappa shape index (κ2) is 9.11. The van der Waals surface area contributed by atoms with Crippen molar-refractivity contribution in [2.75, 3.05) is 24.2 Å². The second-order valence-corrected chi connectivity index (χ2v) is 9.26. The quantitative estimate of drug-likeness (QED) is 0.420. The Labute approximate surface area is 178 Å². The summed E-state index contributed by atoms with van der Waals surface area (Å²) in [5.41, 5.74) is 3.86. The van der Waals surface area contributed by atoms with Crippen molar-refractivity contribution in [2.45, 2.75) is 37.1 Å². The number of ketones is 1. The van der Waals surface area contributed by atoms with Crippen LogP contribution in [0.5, 0.6) is 0 Å². The predicted molar refractivity (Wildman–Crippen MR) is 118 cm³/mol. The molecular weight excluding hydrogens is 404 g/mol. The molecule has 8 heteroatoms. The number of nitrogens with zero attached hydrogens (tertiary/aromatic N) is 3. The van der Waals surface area contributed by atoms with Crippen molar-refractivity contribution in [3.8, 4) is 5.69 Å². The Kier molecular flexibility index (Phi) is 6.32. The zero-order valence-corrected chi connectivity index (χ0v) is 18.2. The molecule has 1 aliphatic heterocycles. The van der Waals surface area contributed by atoms with Crippen LogP contribution in [-0.4, -0.2) is 45.6 Å². The van der Waals surface area contributed by atoms with E-state index >= 15 is 0 Å². The van der Waals surface area contributed by atoms with E-state index in [1.54, 1.807) is 0 Å². The Hall–Kier alpha value is -2.16. The summed E-state index contributed by atoms with van der Waals surface area (Å²) in [6, 6.07) is 12.1. The highest BCUT2D eigenvalue weighted by molar-refractivity contribution is 8.01. The van der Waals surface area contributed by atoms with E-state index in [1.807, 2.05) is 38.1 Å². The van der Waals surface area contributed by atoms with Crippen LogP contribution in [-0.2, 0) is 4.74 Å². The molecule has 0 bridgehead atoms. The predicted octanol–water partition coefficient (Wildman–Crippen LogP) is 4.51. The van der Waals surface area contributed by atoms with Crippen molar-refractivity contribution >= 4 is 34.0 Å². The molecule has 0 aliphatic carbocycles. The van der Waals surface area contributed by atoms with Crippen LogP contribution in [0.4, 0.5) is 5.13 Å². The summed E-state index contributed by atoms with van der Waals surface area (Å²) in [6.45, 7) is 5.62. The fourth-order valence-electron chi connectivity index (χ4n) is 3.57. The number of hydrogen-bond donors (Lipinski definition) is 1. The number of benzene rings is 1. The minimum absolute atomic E-state index is 0.106. The lowest BCUT2D eigenvalue weighted by atomic mass is 10.2. The number of carbonyl (C=O) groups is 1. The number of nitrogens with one attached hydrogen (secondary N) is 1. The number of aryl methyl sites for hydroxylation is 1. The molecule has 0 saturated carbocycles. The smallest absolute Gasteiger partial charge is 0.206 e. The van der Waals surface area contributed by atoms with Gasteiger partial charge in [-0.2, -0.15) is 0 Å². The van der Waals surface area contributed by atoms with Gasteiger partial charge in [0.05, 0.1) is 11.9 Å². The van der Waals surface area contributed by atoms with Gasteiger partial charge in [-0.15, -0.1) is 10.2 Å². The lowest BCUT2D eigenvalue weighted by molar-refractivity contribution is 0.102. The summed E-state index contributed by atoms with van der Waals surface area (Å²) >= 11 is 2.92. The Morgan fingerprint density at radius 3 is 2.90 bits per heavy atom. The molecule has 3 heterocycles. The number of rotatable bonds is 8. The molecule has 1 N–H and O–H groups in total. The Balaban J connectivity index is 1.37. The molecule has 2 aromatic heterocycles. The topological polar surface area (TPSA) is 69.0 Å². The lowest BCUT2D eigenvalue weighted by Gasteiger charge is -2.09. The van der Waals surface area contributed by atoms with Gasteiger partial charge in [-0.1, -0.05) is 41.3 Å². The summed E-state index contributed by atoms with van der Waals surface area (Å²) in [5.74, 6) is 0.453. The zero-order valence-electron chi connectivity index (χ0n) is 16.6. The molecule has 0 amide bonds. The van der Waals surface area contributed by atoms with Crippen LogP contribution in [0.15, 0.2) is 40.7 Å². The summed E-state index contributed by atoms with van der Waals surface area (Å²) in [5, 5.41) is 12.4. The molecule has 0 spiro atoms. The van der Waals surface area contributed by atoms with Crippen LogP contribution < -0.4 is 5.32 Å². The van der Waals surface area contributed by atoms with E-state index in [0.717, 1.165) is 58.1 Å². The molecule has 1 atom stereocenters. The normalized spacial score (nSPS) is 16.3. The second-order valence-electron chi connectivity index (χ2n) is 7.06. The van der Waals surface area contributed by atoms with Crippen LogP contribution in [0, 0.1) is 13.8 Å². The van der Waals surface area contributed by atoms with E-state index in [9.17, 15) is 4.79 Å². The number of Topliss-reactive ketones (excluding diaryl/α,β-unsaturated/α-hetero) is 1. The molecule has 1 aromatic carbocycles. The van der Waals surface area contributed by atoms with Crippen LogP contribution in [0.3, 0.4) is 0 Å². The van der Waals surface area contributed by atoms with Crippen LogP contribution in [0.1, 0.15) is 34.6 Å². The highest BCUT2D eigenvalue weighted by atomic mass is 32.2. The number of thioether (sulfide) groups is 1. The zero-order chi connectivity index (χ0) is 20.2. The number of para-hydroxylation sites is 1. The van der Waals surface area contributed by atoms with E-state index < -0.39 is 0 Å². The highest BCUT2D eigenvalue weighted by Gasteiger charge is 2.18. The van der Waals surface area contributed by atoms with Gasteiger partial charge in [0.15, 0.2) is 10.1 Å². The van der Waals surface area contributed by atoms with Crippen molar-refractivity contribution in [1.82, 2.24) is 14.8 Å². The molecule has 1 unspecified atom stereocenters. The summed E-state index contributed by atoms with van der Waals surface area (Å²) < 4.78 is 8.52. The number of aromatic nitrogens is 3. The monoisotopic (exact) mass is 428 g/mol. The van der Waals surface area contributed by atoms with E-state index in [4.69, 9.17) is 4.74 Å². The molecule has 0 radical (unpaired) electrons. The van der Waals surface area contributed by atoms with Crippen molar-refractivity contribution in [1.29, 1.82) is 0 Å². The molecule has 152 valence electrons. The third kappa shape index (κ3) is 4.71. The molecule has 1 saturated heterocycles. The first-order chi connectivity index (χ1) is 14.1. The molecule has 1 aliphatic rings. The standard InChI is InChI=1S/C21H24N4O2S2/c1-14-11-18(15(2)25(14)16-7-4-3-5-8-16)19(26)13-28-21-24-23-20(29-21)22-12-17-9-6-10-27-17/h3-5,7-8,11,17H,6,9-10,12-13H2,1-2H3,(H,22,23). The molecule has 6 nitrogen and oxygen atoms in total. The SMILES string of the molecule is Cc1cc(C(=O)CSc2nnc(NCC3CCCO3)s2)c(C)n1-c1ccccc1. The first-order valence-corrected chi connectivity index (χ1v) is 11.5. The average Bonchev–Trinajstić information content (AvgIpc) is 3.46. The first-order valence-electron chi connectivity index (χ1n) is 9.71. The number of ether oxygens (including phenoxy) is 1. The molecule has 3 aromatic rings. The molecule has 29 heavy (non-hydrogen) atoms. The lowest BCUT2D eigenvalue weighted by Crippen LogP contribution is -2.18. The average molecular weight is 429 g/mol. The Morgan fingerprint density at radius 2 is 2.14 bits per heavy atom. The van der Waals surface area contributed by atoms with E-state index in [0.29, 0.717) is 5.75 Å². The molecule has 1 fully saturated rings. The van der Waals surface area contributed by atoms with Crippen LogP contribution in [0.2, 0.25) is 0 Å². The Bertz CT molecular complexity index is 978. The minimum Gasteiger partial charge on any atom is -0.376 e. The van der Waals surface area contributed by atoms with Gasteiger partial charge in [0.1, 0.15) is 0 Å². The molecular formula is C21H24N4O2S2. The highest BCUT2D eigenvalue weighted by Crippen LogP contribution is 2.28. The first kappa shape index (κ1) is 20.1. The maximum Gasteiger partial charge on any atom is 0.206 e. The van der Waals surface area contributed by atoms with Crippen molar-refractivity contribution in [2.24, 2.45) is 0 Å². The van der Waals surface area contributed by atoms with Gasteiger partial charge in [-0.25, -0.2) is 0 Å². The summed E-state index contributed by atoms with van der Waals surface area (Å²) in [4.78, 5) is 12.8. The third-order valence-corrected chi connectivity index (χ3v) is 7.00. The minimum atomic E-state index is 0.106. The number of hydrogen-bond acceptors (Lipinski definition) is 7. The van der Waals surface area contributed by atoms with Gasteiger partial charge in [0, 0.05) is 35.8 Å². The Morgan fingerprint density at radius 1 is 1.31 bits per heavy atom. The maximum atomic E-state index is 12.8.